The predicted octanol–water partition coefficient (Wildman–Crippen LogP) is 3.46. The van der Waals surface area contributed by atoms with Crippen molar-refractivity contribution in [1.29, 1.82) is 0 Å². The van der Waals surface area contributed by atoms with Crippen LogP contribution in [0.1, 0.15) is 41.0 Å². The van der Waals surface area contributed by atoms with E-state index in [0.29, 0.717) is 12.0 Å². The van der Waals surface area contributed by atoms with Gasteiger partial charge in [-0.2, -0.15) is 0 Å². The zero-order chi connectivity index (χ0) is 10.0. The van der Waals surface area contributed by atoms with Crippen molar-refractivity contribution in [2.45, 2.75) is 47.1 Å². The van der Waals surface area contributed by atoms with Crippen LogP contribution < -0.4 is 0 Å². The summed E-state index contributed by atoms with van der Waals surface area (Å²) in [5.41, 5.74) is 2.81. The first kappa shape index (κ1) is 10.5. The number of rotatable bonds is 3. The average Bonchev–Trinajstić information content (AvgIpc) is 2.82. The predicted molar refractivity (Wildman–Crippen MR) is 59.3 cm³/mol. The first-order valence-corrected chi connectivity index (χ1v) is 5.23. The van der Waals surface area contributed by atoms with Crippen molar-refractivity contribution < 1.29 is 0 Å². The maximum atomic E-state index is 4.71. The Morgan fingerprint density at radius 1 is 1.38 bits per heavy atom. The maximum Gasteiger partial charge on any atom is 0.0571 e. The normalized spacial score (nSPS) is 29.7. The molecule has 0 spiro atoms. The second kappa shape index (κ2) is 4.08. The lowest BCUT2D eigenvalue weighted by molar-refractivity contribution is 0.843. The van der Waals surface area contributed by atoms with Crippen molar-refractivity contribution in [3.63, 3.8) is 0 Å². The molecule has 0 amide bonds. The van der Waals surface area contributed by atoms with Crippen molar-refractivity contribution >= 4 is 5.71 Å². The monoisotopic (exact) mass is 179 g/mol. The summed E-state index contributed by atoms with van der Waals surface area (Å²) in [6.45, 7) is 10.9. The summed E-state index contributed by atoms with van der Waals surface area (Å²) in [6.07, 6.45) is 3.48. The first-order chi connectivity index (χ1) is 6.06. The van der Waals surface area contributed by atoms with Gasteiger partial charge < -0.3 is 0 Å². The molecule has 1 aliphatic rings. The molecule has 1 fully saturated rings. The molecule has 1 saturated carbocycles. The van der Waals surface area contributed by atoms with Crippen LogP contribution in [0.4, 0.5) is 0 Å². The zero-order valence-electron chi connectivity index (χ0n) is 9.46. The molecular formula is C12H21N. The van der Waals surface area contributed by atoms with Crippen molar-refractivity contribution in [1.82, 2.24) is 0 Å². The van der Waals surface area contributed by atoms with Crippen LogP contribution in [0.3, 0.4) is 0 Å². The molecule has 0 radical (unpaired) electrons. The molecule has 1 nitrogen and oxygen atoms in total. The van der Waals surface area contributed by atoms with Gasteiger partial charge in [0.1, 0.15) is 0 Å². The quantitative estimate of drug-likeness (QED) is 0.465. The molecule has 1 heteroatoms. The van der Waals surface area contributed by atoms with Crippen molar-refractivity contribution in [3.05, 3.63) is 11.6 Å². The van der Waals surface area contributed by atoms with Crippen LogP contribution in [-0.4, -0.2) is 11.8 Å². The lowest BCUT2D eigenvalue weighted by Crippen LogP contribution is -2.03. The number of hydrogen-bond donors (Lipinski definition) is 0. The fourth-order valence-electron chi connectivity index (χ4n) is 1.44. The molecule has 0 bridgehead atoms. The molecule has 1 aliphatic carbocycles. The number of aliphatic imine (C=N–C) groups is 1. The number of hydrogen-bond acceptors (Lipinski definition) is 1. The van der Waals surface area contributed by atoms with Crippen molar-refractivity contribution in [2.75, 3.05) is 0 Å². The molecule has 0 aromatic heterocycles. The molecular weight excluding hydrogens is 158 g/mol. The van der Waals surface area contributed by atoms with Gasteiger partial charge in [-0.3, -0.25) is 4.99 Å². The van der Waals surface area contributed by atoms with Gasteiger partial charge in [-0.05, 0) is 33.1 Å². The van der Waals surface area contributed by atoms with E-state index in [4.69, 9.17) is 4.99 Å². The van der Waals surface area contributed by atoms with Gasteiger partial charge in [-0.1, -0.05) is 25.5 Å². The Hall–Kier alpha value is -0.590. The molecule has 13 heavy (non-hydrogen) atoms. The van der Waals surface area contributed by atoms with Gasteiger partial charge in [0.25, 0.3) is 0 Å². The Morgan fingerprint density at radius 3 is 2.46 bits per heavy atom. The summed E-state index contributed by atoms with van der Waals surface area (Å²) in [5, 5.41) is 0. The Labute approximate surface area is 82.0 Å². The molecule has 0 aromatic rings. The average molecular weight is 179 g/mol. The van der Waals surface area contributed by atoms with Gasteiger partial charge in [0.2, 0.25) is 0 Å². The highest BCUT2D eigenvalue weighted by atomic mass is 14.9. The Kier molecular flexibility index (Phi) is 3.29. The minimum absolute atomic E-state index is 0.596. The highest BCUT2D eigenvalue weighted by Crippen LogP contribution is 2.40. The van der Waals surface area contributed by atoms with Crippen LogP contribution in [-0.2, 0) is 0 Å². The number of allylic oxidation sites excluding steroid dienone is 1. The van der Waals surface area contributed by atoms with Crippen LogP contribution in [0, 0.1) is 11.8 Å². The van der Waals surface area contributed by atoms with Crippen LogP contribution >= 0.6 is 0 Å². The SMILES string of the molecule is C/C=C(\C)C1CC1N=C(C)C(C)C. The van der Waals surface area contributed by atoms with E-state index in [-0.39, 0.29) is 0 Å². The Balaban J connectivity index is 2.48. The van der Waals surface area contributed by atoms with Gasteiger partial charge in [0.05, 0.1) is 6.04 Å². The fraction of sp³-hybridized carbons (Fsp3) is 0.750. The molecule has 1 rings (SSSR count). The van der Waals surface area contributed by atoms with E-state index >= 15 is 0 Å². The molecule has 2 unspecified atom stereocenters. The Bertz CT molecular complexity index is 236. The van der Waals surface area contributed by atoms with Gasteiger partial charge in [-0.25, -0.2) is 0 Å². The summed E-state index contributed by atoms with van der Waals surface area (Å²) in [4.78, 5) is 4.71. The minimum atomic E-state index is 0.596. The molecule has 2 atom stereocenters. The first-order valence-electron chi connectivity index (χ1n) is 5.23. The topological polar surface area (TPSA) is 12.4 Å². The summed E-state index contributed by atoms with van der Waals surface area (Å²) < 4.78 is 0. The lowest BCUT2D eigenvalue weighted by Gasteiger charge is -2.03. The summed E-state index contributed by atoms with van der Waals surface area (Å²) in [7, 11) is 0. The smallest absolute Gasteiger partial charge is 0.0571 e. The van der Waals surface area contributed by atoms with E-state index in [0.717, 1.165) is 5.92 Å². The molecule has 74 valence electrons. The minimum Gasteiger partial charge on any atom is -0.290 e. The Morgan fingerprint density at radius 2 is 2.00 bits per heavy atom. The maximum absolute atomic E-state index is 4.71. The van der Waals surface area contributed by atoms with E-state index in [9.17, 15) is 0 Å². The largest absolute Gasteiger partial charge is 0.290 e. The third-order valence-electron chi connectivity index (χ3n) is 3.00. The van der Waals surface area contributed by atoms with E-state index in [1.54, 1.807) is 0 Å². The highest BCUT2D eigenvalue weighted by Gasteiger charge is 2.37. The molecule has 0 heterocycles. The van der Waals surface area contributed by atoms with Crippen LogP contribution in [0.5, 0.6) is 0 Å². The second-order valence-electron chi connectivity index (χ2n) is 4.37. The van der Waals surface area contributed by atoms with Gasteiger partial charge in [0.15, 0.2) is 0 Å². The van der Waals surface area contributed by atoms with Gasteiger partial charge in [-0.15, -0.1) is 0 Å². The molecule has 0 aromatic carbocycles. The van der Waals surface area contributed by atoms with Crippen molar-refractivity contribution in [3.8, 4) is 0 Å². The molecule has 0 N–H and O–H groups in total. The lowest BCUT2D eigenvalue weighted by atomic mass is 10.1. The fourth-order valence-corrected chi connectivity index (χ4v) is 1.44. The summed E-state index contributed by atoms with van der Waals surface area (Å²) in [6, 6.07) is 0.596. The molecule has 0 aliphatic heterocycles. The molecule has 0 saturated heterocycles. The van der Waals surface area contributed by atoms with E-state index in [1.165, 1.54) is 17.7 Å². The number of nitrogens with zero attached hydrogens (tertiary/aromatic N) is 1. The zero-order valence-corrected chi connectivity index (χ0v) is 9.46. The van der Waals surface area contributed by atoms with E-state index in [1.807, 2.05) is 0 Å². The summed E-state index contributed by atoms with van der Waals surface area (Å²) >= 11 is 0. The van der Waals surface area contributed by atoms with E-state index < -0.39 is 0 Å². The van der Waals surface area contributed by atoms with Crippen LogP contribution in [0.25, 0.3) is 0 Å². The standard InChI is InChI=1S/C12H21N/c1-6-9(4)11-7-12(11)13-10(5)8(2)3/h6,8,11-12H,7H2,1-5H3/b9-6+,13-10?. The van der Waals surface area contributed by atoms with E-state index in [2.05, 4.69) is 40.7 Å². The van der Waals surface area contributed by atoms with Gasteiger partial charge >= 0.3 is 0 Å². The second-order valence-corrected chi connectivity index (χ2v) is 4.37. The van der Waals surface area contributed by atoms with Crippen molar-refractivity contribution in [2.24, 2.45) is 16.8 Å². The van der Waals surface area contributed by atoms with Crippen LogP contribution in [0.2, 0.25) is 0 Å². The van der Waals surface area contributed by atoms with Crippen LogP contribution in [0.15, 0.2) is 16.6 Å². The third-order valence-corrected chi connectivity index (χ3v) is 3.00. The van der Waals surface area contributed by atoms with Gasteiger partial charge in [0, 0.05) is 11.6 Å². The third kappa shape index (κ3) is 2.68. The summed E-state index contributed by atoms with van der Waals surface area (Å²) in [5.74, 6) is 1.35. The highest BCUT2D eigenvalue weighted by molar-refractivity contribution is 5.84.